The van der Waals surface area contributed by atoms with Crippen molar-refractivity contribution < 1.29 is 9.90 Å². The first-order chi connectivity index (χ1) is 9.15. The van der Waals surface area contributed by atoms with Gasteiger partial charge >= 0.3 is 5.97 Å². The molecule has 0 radical (unpaired) electrons. The Morgan fingerprint density at radius 1 is 1.42 bits per heavy atom. The number of fused-ring (bicyclic) bond motifs is 1. The molecule has 0 spiro atoms. The number of nitrogens with zero attached hydrogens (tertiary/aromatic N) is 2. The number of aromatic nitrogens is 1. The summed E-state index contributed by atoms with van der Waals surface area (Å²) in [6.07, 6.45) is 5.67. The van der Waals surface area contributed by atoms with Crippen LogP contribution in [-0.4, -0.2) is 34.6 Å². The van der Waals surface area contributed by atoms with Gasteiger partial charge in [-0.3, -0.25) is 4.98 Å². The lowest BCUT2D eigenvalue weighted by Crippen LogP contribution is -2.29. The molecule has 1 aromatic rings. The van der Waals surface area contributed by atoms with Gasteiger partial charge in [-0.05, 0) is 26.0 Å². The molecule has 1 aromatic heterocycles. The molecule has 0 amide bonds. The van der Waals surface area contributed by atoms with E-state index in [1.54, 1.807) is 0 Å². The monoisotopic (exact) mass is 260 g/mol. The number of pyridine rings is 1. The van der Waals surface area contributed by atoms with Crippen molar-refractivity contribution in [3.05, 3.63) is 28.6 Å². The molecule has 0 atom stereocenters. The van der Waals surface area contributed by atoms with E-state index in [1.807, 2.05) is 13.1 Å². The zero-order valence-electron chi connectivity index (χ0n) is 11.4. The van der Waals surface area contributed by atoms with E-state index in [1.165, 1.54) is 12.8 Å². The highest BCUT2D eigenvalue weighted by atomic mass is 16.4. The maximum Gasteiger partial charge on any atom is 0.336 e. The van der Waals surface area contributed by atoms with E-state index in [4.69, 9.17) is 4.98 Å². The number of hydrogen-bond acceptors (Lipinski definition) is 3. The van der Waals surface area contributed by atoms with Gasteiger partial charge in [0.1, 0.15) is 0 Å². The van der Waals surface area contributed by atoms with Gasteiger partial charge in [-0.1, -0.05) is 12.8 Å². The molecule has 0 saturated heterocycles. The highest BCUT2D eigenvalue weighted by Crippen LogP contribution is 2.35. The van der Waals surface area contributed by atoms with Crippen molar-refractivity contribution in [2.75, 3.05) is 13.6 Å². The molecule has 4 nitrogen and oxygen atoms in total. The second-order valence-electron chi connectivity index (χ2n) is 5.79. The second-order valence-corrected chi connectivity index (χ2v) is 5.79. The van der Waals surface area contributed by atoms with Crippen LogP contribution in [0.2, 0.25) is 0 Å². The van der Waals surface area contributed by atoms with Crippen molar-refractivity contribution in [1.82, 2.24) is 9.88 Å². The lowest BCUT2D eigenvalue weighted by molar-refractivity contribution is 0.0693. The zero-order valence-corrected chi connectivity index (χ0v) is 11.4. The van der Waals surface area contributed by atoms with E-state index in [0.717, 1.165) is 42.8 Å². The minimum Gasteiger partial charge on any atom is -0.478 e. The molecule has 2 heterocycles. The van der Waals surface area contributed by atoms with Crippen LogP contribution in [-0.2, 0) is 13.0 Å². The second kappa shape index (κ2) is 4.93. The molecule has 2 aliphatic rings. The first-order valence-electron chi connectivity index (χ1n) is 7.09. The molecular weight excluding hydrogens is 240 g/mol. The normalized spacial score (nSPS) is 20.5. The van der Waals surface area contributed by atoms with Crippen molar-refractivity contribution in [2.45, 2.75) is 44.6 Å². The molecule has 19 heavy (non-hydrogen) atoms. The largest absolute Gasteiger partial charge is 0.478 e. The van der Waals surface area contributed by atoms with Crippen LogP contribution in [0.1, 0.15) is 58.9 Å². The third kappa shape index (κ3) is 2.37. The van der Waals surface area contributed by atoms with Crippen molar-refractivity contribution in [1.29, 1.82) is 0 Å². The Labute approximate surface area is 113 Å². The molecule has 1 aliphatic carbocycles. The van der Waals surface area contributed by atoms with Crippen LogP contribution < -0.4 is 0 Å². The molecule has 3 rings (SSSR count). The molecule has 1 saturated carbocycles. The summed E-state index contributed by atoms with van der Waals surface area (Å²) >= 11 is 0. The van der Waals surface area contributed by atoms with Gasteiger partial charge in [0.25, 0.3) is 0 Å². The summed E-state index contributed by atoms with van der Waals surface area (Å²) in [4.78, 5) is 18.4. The Morgan fingerprint density at radius 2 is 2.16 bits per heavy atom. The van der Waals surface area contributed by atoms with Crippen LogP contribution in [0.4, 0.5) is 0 Å². The molecule has 0 unspecified atom stereocenters. The van der Waals surface area contributed by atoms with E-state index < -0.39 is 5.97 Å². The number of rotatable bonds is 2. The lowest BCUT2D eigenvalue weighted by atomic mass is 9.95. The number of carboxylic acids is 1. The first-order valence-corrected chi connectivity index (χ1v) is 7.09. The number of carbonyl (C=O) groups is 1. The fourth-order valence-electron chi connectivity index (χ4n) is 3.30. The molecule has 0 bridgehead atoms. The highest BCUT2D eigenvalue weighted by molar-refractivity contribution is 5.89. The highest BCUT2D eigenvalue weighted by Gasteiger charge is 2.26. The van der Waals surface area contributed by atoms with E-state index in [2.05, 4.69) is 4.90 Å². The van der Waals surface area contributed by atoms with Crippen LogP contribution in [0.15, 0.2) is 6.07 Å². The zero-order chi connectivity index (χ0) is 13.4. The molecule has 4 heteroatoms. The fourth-order valence-corrected chi connectivity index (χ4v) is 3.30. The molecular formula is C15H20N2O2. The van der Waals surface area contributed by atoms with Crippen LogP contribution in [0, 0.1) is 0 Å². The number of aromatic carboxylic acids is 1. The van der Waals surface area contributed by atoms with E-state index >= 15 is 0 Å². The van der Waals surface area contributed by atoms with Gasteiger partial charge in [-0.15, -0.1) is 0 Å². The summed E-state index contributed by atoms with van der Waals surface area (Å²) in [7, 11) is 2.03. The Hall–Kier alpha value is -1.42. The van der Waals surface area contributed by atoms with Crippen molar-refractivity contribution in [3.63, 3.8) is 0 Å². The van der Waals surface area contributed by atoms with Crippen LogP contribution in [0.25, 0.3) is 0 Å². The average molecular weight is 260 g/mol. The predicted octanol–water partition coefficient (Wildman–Crippen LogP) is 2.43. The van der Waals surface area contributed by atoms with Gasteiger partial charge in [0.2, 0.25) is 0 Å². The third-order valence-corrected chi connectivity index (χ3v) is 4.39. The minimum absolute atomic E-state index is 0.471. The fraction of sp³-hybridized carbons (Fsp3) is 0.600. The third-order valence-electron chi connectivity index (χ3n) is 4.39. The maximum atomic E-state index is 11.5. The van der Waals surface area contributed by atoms with Crippen LogP contribution >= 0.6 is 0 Å². The predicted molar refractivity (Wildman–Crippen MR) is 72.4 cm³/mol. The van der Waals surface area contributed by atoms with Crippen LogP contribution in [0.3, 0.4) is 0 Å². The van der Waals surface area contributed by atoms with Crippen molar-refractivity contribution in [2.24, 2.45) is 0 Å². The number of likely N-dealkylation sites (N-methyl/N-ethyl adjacent to an activating group) is 1. The van der Waals surface area contributed by atoms with Gasteiger partial charge in [-0.2, -0.15) is 0 Å². The Morgan fingerprint density at radius 3 is 2.84 bits per heavy atom. The molecule has 1 aliphatic heterocycles. The van der Waals surface area contributed by atoms with E-state index in [0.29, 0.717) is 18.0 Å². The SMILES string of the molecule is CN1CCc2nc(C3CCCC3)cc(C(=O)O)c2C1. The van der Waals surface area contributed by atoms with Gasteiger partial charge in [0, 0.05) is 42.4 Å². The topological polar surface area (TPSA) is 53.4 Å². The maximum absolute atomic E-state index is 11.5. The smallest absolute Gasteiger partial charge is 0.336 e. The summed E-state index contributed by atoms with van der Waals surface area (Å²) < 4.78 is 0. The first kappa shape index (κ1) is 12.6. The van der Waals surface area contributed by atoms with Crippen LogP contribution in [0.5, 0.6) is 0 Å². The summed E-state index contributed by atoms with van der Waals surface area (Å²) in [5.74, 6) is -0.337. The molecule has 1 fully saturated rings. The van der Waals surface area contributed by atoms with Crippen molar-refractivity contribution in [3.8, 4) is 0 Å². The molecule has 1 N–H and O–H groups in total. The standard InChI is InChI=1S/C15H20N2O2/c1-17-7-6-13-12(9-17)11(15(18)19)8-14(16-13)10-4-2-3-5-10/h8,10H,2-7,9H2,1H3,(H,18,19). The number of carboxylic acid groups (broad SMARTS) is 1. The summed E-state index contributed by atoms with van der Waals surface area (Å²) in [6.45, 7) is 1.67. The Kier molecular flexibility index (Phi) is 3.27. The Bertz CT molecular complexity index is 507. The molecule has 0 aromatic carbocycles. The summed E-state index contributed by atoms with van der Waals surface area (Å²) in [5, 5.41) is 9.45. The lowest BCUT2D eigenvalue weighted by Gasteiger charge is -2.26. The summed E-state index contributed by atoms with van der Waals surface area (Å²) in [6, 6.07) is 1.83. The van der Waals surface area contributed by atoms with Gasteiger partial charge in [0.05, 0.1) is 5.56 Å². The molecule has 102 valence electrons. The number of hydrogen-bond donors (Lipinski definition) is 1. The summed E-state index contributed by atoms with van der Waals surface area (Å²) in [5.41, 5.74) is 3.42. The quantitative estimate of drug-likeness (QED) is 0.887. The average Bonchev–Trinajstić information content (AvgIpc) is 2.91. The van der Waals surface area contributed by atoms with Gasteiger partial charge in [-0.25, -0.2) is 4.79 Å². The van der Waals surface area contributed by atoms with Crippen molar-refractivity contribution >= 4 is 5.97 Å². The Balaban J connectivity index is 2.04. The minimum atomic E-state index is -0.812. The van der Waals surface area contributed by atoms with E-state index in [-0.39, 0.29) is 0 Å². The van der Waals surface area contributed by atoms with Gasteiger partial charge < -0.3 is 10.0 Å². The van der Waals surface area contributed by atoms with E-state index in [9.17, 15) is 9.90 Å². The van der Waals surface area contributed by atoms with Gasteiger partial charge in [0.15, 0.2) is 0 Å².